The van der Waals surface area contributed by atoms with Crippen molar-refractivity contribution < 1.29 is 4.79 Å². The summed E-state index contributed by atoms with van der Waals surface area (Å²) in [6, 6.07) is 7.69. The van der Waals surface area contributed by atoms with Gasteiger partial charge in [0.2, 0.25) is 5.91 Å². The van der Waals surface area contributed by atoms with E-state index >= 15 is 0 Å². The minimum atomic E-state index is -0.0941. The topological polar surface area (TPSA) is 42.0 Å². The zero-order valence-corrected chi connectivity index (χ0v) is 10.6. The van der Waals surface area contributed by atoms with Gasteiger partial charge in [-0.25, -0.2) is 4.98 Å². The summed E-state index contributed by atoms with van der Waals surface area (Å²) in [5.41, 5.74) is 0.806. The maximum absolute atomic E-state index is 10.7. The molecular weight excluding hydrogens is 248 g/mol. The first-order valence-corrected chi connectivity index (χ1v) is 5.83. The highest BCUT2D eigenvalue weighted by molar-refractivity contribution is 6.34. The lowest BCUT2D eigenvalue weighted by Crippen LogP contribution is -2.19. The van der Waals surface area contributed by atoms with Crippen LogP contribution in [0.5, 0.6) is 0 Å². The SMILES string of the molecule is CC(=O)NCC#Cc1cnc(Cl)c2ccccc12. The summed E-state index contributed by atoms with van der Waals surface area (Å²) < 4.78 is 0. The van der Waals surface area contributed by atoms with Crippen LogP contribution in [0.4, 0.5) is 0 Å². The fourth-order valence-electron chi connectivity index (χ4n) is 1.57. The Kier molecular flexibility index (Phi) is 3.81. The van der Waals surface area contributed by atoms with Crippen molar-refractivity contribution in [1.82, 2.24) is 10.3 Å². The van der Waals surface area contributed by atoms with Crippen LogP contribution in [0.1, 0.15) is 12.5 Å². The van der Waals surface area contributed by atoms with E-state index in [1.807, 2.05) is 24.3 Å². The predicted octanol–water partition coefficient (Wildman–Crippen LogP) is 2.38. The van der Waals surface area contributed by atoms with Gasteiger partial charge in [0, 0.05) is 23.9 Å². The molecule has 1 aromatic carbocycles. The molecule has 2 aromatic rings. The zero-order chi connectivity index (χ0) is 13.0. The van der Waals surface area contributed by atoms with E-state index < -0.39 is 0 Å². The van der Waals surface area contributed by atoms with Crippen LogP contribution in [0.3, 0.4) is 0 Å². The number of nitrogens with zero attached hydrogens (tertiary/aromatic N) is 1. The highest BCUT2D eigenvalue weighted by Crippen LogP contribution is 2.23. The Hall–Kier alpha value is -2.05. The minimum absolute atomic E-state index is 0.0941. The van der Waals surface area contributed by atoms with E-state index in [0.717, 1.165) is 16.3 Å². The number of carbonyl (C=O) groups excluding carboxylic acids is 1. The number of hydrogen-bond acceptors (Lipinski definition) is 2. The number of aromatic nitrogens is 1. The second-order valence-corrected chi connectivity index (χ2v) is 4.08. The summed E-state index contributed by atoms with van der Waals surface area (Å²) in [4.78, 5) is 14.8. The number of benzene rings is 1. The van der Waals surface area contributed by atoms with Crippen LogP contribution in [0.2, 0.25) is 5.15 Å². The van der Waals surface area contributed by atoms with E-state index in [0.29, 0.717) is 11.7 Å². The van der Waals surface area contributed by atoms with Gasteiger partial charge >= 0.3 is 0 Å². The van der Waals surface area contributed by atoms with Gasteiger partial charge in [-0.3, -0.25) is 4.79 Å². The Morgan fingerprint density at radius 3 is 2.83 bits per heavy atom. The molecule has 0 atom stereocenters. The molecule has 1 N–H and O–H groups in total. The third kappa shape index (κ3) is 2.79. The van der Waals surface area contributed by atoms with Crippen molar-refractivity contribution in [2.45, 2.75) is 6.92 Å². The molecule has 0 fully saturated rings. The third-order valence-corrected chi connectivity index (χ3v) is 2.70. The molecule has 0 radical (unpaired) electrons. The molecular formula is C14H11ClN2O. The summed E-state index contributed by atoms with van der Waals surface area (Å²) in [5, 5.41) is 4.93. The number of rotatable bonds is 1. The first-order valence-electron chi connectivity index (χ1n) is 5.45. The van der Waals surface area contributed by atoms with Crippen molar-refractivity contribution in [2.24, 2.45) is 0 Å². The van der Waals surface area contributed by atoms with Gasteiger partial charge in [0.15, 0.2) is 0 Å². The molecule has 0 saturated heterocycles. The zero-order valence-electron chi connectivity index (χ0n) is 9.83. The predicted molar refractivity (Wildman–Crippen MR) is 72.3 cm³/mol. The maximum Gasteiger partial charge on any atom is 0.217 e. The molecule has 1 heterocycles. The third-order valence-electron chi connectivity index (χ3n) is 2.40. The van der Waals surface area contributed by atoms with Crippen LogP contribution in [0, 0.1) is 11.8 Å². The second kappa shape index (κ2) is 5.52. The number of carbonyl (C=O) groups is 1. The standard InChI is InChI=1S/C14H11ClN2O/c1-10(18)16-8-4-5-11-9-17-14(15)13-7-3-2-6-12(11)13/h2-3,6-7,9H,8H2,1H3,(H,16,18). The van der Waals surface area contributed by atoms with Crippen LogP contribution < -0.4 is 5.32 Å². The van der Waals surface area contributed by atoms with Gasteiger partial charge in [0.25, 0.3) is 0 Å². The average molecular weight is 259 g/mol. The molecule has 0 saturated carbocycles. The molecule has 90 valence electrons. The molecule has 0 aliphatic heterocycles. The fraction of sp³-hybridized carbons (Fsp3) is 0.143. The number of hydrogen-bond donors (Lipinski definition) is 1. The van der Waals surface area contributed by atoms with Gasteiger partial charge < -0.3 is 5.32 Å². The summed E-state index contributed by atoms with van der Waals surface area (Å²) >= 11 is 6.02. The molecule has 2 rings (SSSR count). The fourth-order valence-corrected chi connectivity index (χ4v) is 1.78. The number of nitrogens with one attached hydrogen (secondary N) is 1. The number of amides is 1. The minimum Gasteiger partial charge on any atom is -0.345 e. The first kappa shape index (κ1) is 12.4. The van der Waals surface area contributed by atoms with Gasteiger partial charge in [-0.1, -0.05) is 47.7 Å². The quantitative estimate of drug-likeness (QED) is 0.630. The maximum atomic E-state index is 10.7. The molecule has 4 heteroatoms. The van der Waals surface area contributed by atoms with E-state index in [9.17, 15) is 4.79 Å². The molecule has 1 aromatic heterocycles. The second-order valence-electron chi connectivity index (χ2n) is 3.72. The summed E-state index contributed by atoms with van der Waals surface area (Å²) in [5.74, 6) is 5.77. The van der Waals surface area contributed by atoms with Crippen molar-refractivity contribution >= 4 is 28.3 Å². The van der Waals surface area contributed by atoms with Crippen LogP contribution >= 0.6 is 11.6 Å². The van der Waals surface area contributed by atoms with Crippen LogP contribution in [-0.2, 0) is 4.79 Å². The highest BCUT2D eigenvalue weighted by Gasteiger charge is 2.02. The molecule has 18 heavy (non-hydrogen) atoms. The molecule has 0 aliphatic carbocycles. The van der Waals surface area contributed by atoms with Gasteiger partial charge in [0.1, 0.15) is 5.15 Å². The Balaban J connectivity index is 2.34. The normalized spacial score (nSPS) is 9.67. The van der Waals surface area contributed by atoms with E-state index in [1.54, 1.807) is 6.20 Å². The molecule has 0 spiro atoms. The largest absolute Gasteiger partial charge is 0.345 e. The smallest absolute Gasteiger partial charge is 0.217 e. The lowest BCUT2D eigenvalue weighted by atomic mass is 10.1. The highest BCUT2D eigenvalue weighted by atomic mass is 35.5. The van der Waals surface area contributed by atoms with Gasteiger partial charge in [-0.05, 0) is 0 Å². The summed E-state index contributed by atoms with van der Waals surface area (Å²) in [6.07, 6.45) is 1.64. The number of halogens is 1. The Morgan fingerprint density at radius 1 is 1.39 bits per heavy atom. The average Bonchev–Trinajstić information content (AvgIpc) is 2.37. The molecule has 0 bridgehead atoms. The summed E-state index contributed by atoms with van der Waals surface area (Å²) in [7, 11) is 0. The van der Waals surface area contributed by atoms with Crippen molar-refractivity contribution in [3.8, 4) is 11.8 Å². The van der Waals surface area contributed by atoms with Crippen molar-refractivity contribution in [1.29, 1.82) is 0 Å². The lowest BCUT2D eigenvalue weighted by molar-refractivity contribution is -0.118. The van der Waals surface area contributed by atoms with E-state index in [4.69, 9.17) is 11.6 Å². The summed E-state index contributed by atoms with van der Waals surface area (Å²) in [6.45, 7) is 1.78. The molecule has 0 unspecified atom stereocenters. The molecule has 1 amide bonds. The van der Waals surface area contributed by atoms with Gasteiger partial charge in [-0.2, -0.15) is 0 Å². The van der Waals surface area contributed by atoms with Crippen LogP contribution in [0.25, 0.3) is 10.8 Å². The van der Waals surface area contributed by atoms with Crippen molar-refractivity contribution in [2.75, 3.05) is 6.54 Å². The Morgan fingerprint density at radius 2 is 2.11 bits per heavy atom. The van der Waals surface area contributed by atoms with Crippen LogP contribution in [0.15, 0.2) is 30.5 Å². The van der Waals surface area contributed by atoms with E-state index in [2.05, 4.69) is 22.1 Å². The first-order chi connectivity index (χ1) is 8.68. The Labute approximate surface area is 110 Å². The number of pyridine rings is 1. The Bertz CT molecular complexity index is 656. The van der Waals surface area contributed by atoms with Gasteiger partial charge in [-0.15, -0.1) is 0 Å². The monoisotopic (exact) mass is 258 g/mol. The van der Waals surface area contributed by atoms with Crippen molar-refractivity contribution in [3.63, 3.8) is 0 Å². The van der Waals surface area contributed by atoms with Crippen LogP contribution in [-0.4, -0.2) is 17.4 Å². The van der Waals surface area contributed by atoms with Crippen molar-refractivity contribution in [3.05, 3.63) is 41.2 Å². The number of fused-ring (bicyclic) bond motifs is 1. The van der Waals surface area contributed by atoms with Gasteiger partial charge in [0.05, 0.1) is 12.1 Å². The van der Waals surface area contributed by atoms with E-state index in [1.165, 1.54) is 6.92 Å². The molecule has 3 nitrogen and oxygen atoms in total. The van der Waals surface area contributed by atoms with E-state index in [-0.39, 0.29) is 5.91 Å². The molecule has 0 aliphatic rings. The lowest BCUT2D eigenvalue weighted by Gasteiger charge is -2.01.